The van der Waals surface area contributed by atoms with Gasteiger partial charge in [-0.05, 0) is 36.5 Å². The van der Waals surface area contributed by atoms with Crippen molar-refractivity contribution >= 4 is 38.6 Å². The van der Waals surface area contributed by atoms with Crippen LogP contribution in [0.5, 0.6) is 5.75 Å². The number of carboxylic acid groups (broad SMARTS) is 1. The van der Waals surface area contributed by atoms with E-state index in [-0.39, 0.29) is 23.5 Å². The number of aromatic nitrogens is 1. The van der Waals surface area contributed by atoms with Gasteiger partial charge in [-0.3, -0.25) is 9.59 Å². The fraction of sp³-hybridized carbons (Fsp3) is 0.312. The molecule has 0 saturated heterocycles. The molecule has 0 aliphatic heterocycles. The summed E-state index contributed by atoms with van der Waals surface area (Å²) in [6.07, 6.45) is 4.58. The molecule has 0 radical (unpaired) electrons. The van der Waals surface area contributed by atoms with Crippen molar-refractivity contribution < 1.29 is 19.8 Å². The number of carboxylic acids is 1. The molecular formula is C16H14N2O4S. The minimum atomic E-state index is -0.920. The minimum absolute atomic E-state index is 0.0143. The number of rotatable bonds is 3. The highest BCUT2D eigenvalue weighted by Crippen LogP contribution is 2.48. The lowest BCUT2D eigenvalue weighted by atomic mass is 9.82. The smallest absolute Gasteiger partial charge is 0.307 e. The fourth-order valence-corrected chi connectivity index (χ4v) is 4.57. The van der Waals surface area contributed by atoms with E-state index in [0.29, 0.717) is 10.6 Å². The molecule has 1 aromatic heterocycles. The van der Waals surface area contributed by atoms with E-state index >= 15 is 0 Å². The zero-order valence-electron chi connectivity index (χ0n) is 12.0. The molecule has 2 aromatic rings. The number of carbonyl (C=O) groups excluding carboxylic acids is 1. The molecule has 1 aromatic carbocycles. The summed E-state index contributed by atoms with van der Waals surface area (Å²) in [5, 5.41) is 22.1. The molecule has 1 amide bonds. The van der Waals surface area contributed by atoms with Gasteiger partial charge in [-0.15, -0.1) is 0 Å². The van der Waals surface area contributed by atoms with E-state index in [9.17, 15) is 19.8 Å². The Balaban J connectivity index is 1.59. The lowest BCUT2D eigenvalue weighted by Gasteiger charge is -2.23. The highest BCUT2D eigenvalue weighted by Gasteiger charge is 2.51. The summed E-state index contributed by atoms with van der Waals surface area (Å²) in [7, 11) is 0. The van der Waals surface area contributed by atoms with Crippen molar-refractivity contribution in [2.45, 2.75) is 6.42 Å². The van der Waals surface area contributed by atoms with Crippen molar-refractivity contribution in [1.82, 2.24) is 4.98 Å². The summed E-state index contributed by atoms with van der Waals surface area (Å²) in [6, 6.07) is 4.80. The average Bonchev–Trinajstić information content (AvgIpc) is 3.18. The third-order valence-corrected chi connectivity index (χ3v) is 5.58. The van der Waals surface area contributed by atoms with Gasteiger partial charge in [0.25, 0.3) is 0 Å². The monoisotopic (exact) mass is 330 g/mol. The second-order valence-corrected chi connectivity index (χ2v) is 7.03. The van der Waals surface area contributed by atoms with Crippen LogP contribution in [0.3, 0.4) is 0 Å². The second-order valence-electron chi connectivity index (χ2n) is 6.00. The van der Waals surface area contributed by atoms with Gasteiger partial charge < -0.3 is 15.5 Å². The van der Waals surface area contributed by atoms with Crippen LogP contribution >= 0.6 is 11.3 Å². The summed E-state index contributed by atoms with van der Waals surface area (Å²) in [5.74, 6) is -2.36. The first-order valence-corrected chi connectivity index (χ1v) is 8.16. The molecule has 1 fully saturated rings. The quantitative estimate of drug-likeness (QED) is 0.751. The van der Waals surface area contributed by atoms with Gasteiger partial charge in [-0.1, -0.05) is 23.5 Å². The Hall–Kier alpha value is -2.41. The van der Waals surface area contributed by atoms with E-state index in [0.717, 1.165) is 11.1 Å². The van der Waals surface area contributed by atoms with Crippen LogP contribution in [0, 0.1) is 23.7 Å². The number of amides is 1. The number of phenolic OH excluding ortho intramolecular Hbond substituents is 1. The largest absolute Gasteiger partial charge is 0.508 e. The molecular weight excluding hydrogens is 316 g/mol. The molecule has 6 nitrogen and oxygen atoms in total. The van der Waals surface area contributed by atoms with Crippen LogP contribution in [-0.2, 0) is 9.59 Å². The average molecular weight is 330 g/mol. The second kappa shape index (κ2) is 5.06. The summed E-state index contributed by atoms with van der Waals surface area (Å²) < 4.78 is 0.767. The fourth-order valence-electron chi connectivity index (χ4n) is 3.67. The Morgan fingerprint density at radius 2 is 1.96 bits per heavy atom. The Kier molecular flexibility index (Phi) is 3.12. The predicted molar refractivity (Wildman–Crippen MR) is 85.3 cm³/mol. The molecule has 2 aliphatic rings. The van der Waals surface area contributed by atoms with Gasteiger partial charge in [-0.2, -0.15) is 0 Å². The van der Waals surface area contributed by atoms with Crippen LogP contribution < -0.4 is 5.32 Å². The number of fused-ring (bicyclic) bond motifs is 3. The van der Waals surface area contributed by atoms with Crippen molar-refractivity contribution in [2.75, 3.05) is 5.32 Å². The van der Waals surface area contributed by atoms with Crippen LogP contribution in [-0.4, -0.2) is 27.1 Å². The third kappa shape index (κ3) is 2.28. The zero-order chi connectivity index (χ0) is 16.1. The van der Waals surface area contributed by atoms with Gasteiger partial charge >= 0.3 is 5.97 Å². The van der Waals surface area contributed by atoms with Crippen LogP contribution in [0.1, 0.15) is 6.42 Å². The number of carbonyl (C=O) groups is 2. The first-order chi connectivity index (χ1) is 11.0. The van der Waals surface area contributed by atoms with Gasteiger partial charge in [0.05, 0.1) is 22.1 Å². The number of thiazole rings is 1. The van der Waals surface area contributed by atoms with Crippen molar-refractivity contribution in [3.05, 3.63) is 30.4 Å². The van der Waals surface area contributed by atoms with Crippen molar-refractivity contribution in [1.29, 1.82) is 0 Å². The zero-order valence-corrected chi connectivity index (χ0v) is 12.8. The summed E-state index contributed by atoms with van der Waals surface area (Å²) >= 11 is 1.26. The topological polar surface area (TPSA) is 99.5 Å². The molecule has 2 bridgehead atoms. The Labute approximate surface area is 135 Å². The Bertz CT molecular complexity index is 844. The first-order valence-electron chi connectivity index (χ1n) is 7.34. The summed E-state index contributed by atoms with van der Waals surface area (Å²) in [4.78, 5) is 28.4. The molecule has 2 unspecified atom stereocenters. The van der Waals surface area contributed by atoms with Crippen LogP contribution in [0.25, 0.3) is 10.2 Å². The molecule has 3 N–H and O–H groups in total. The molecule has 1 saturated carbocycles. The van der Waals surface area contributed by atoms with E-state index < -0.39 is 17.8 Å². The number of anilines is 1. The molecule has 23 heavy (non-hydrogen) atoms. The van der Waals surface area contributed by atoms with Crippen LogP contribution in [0.15, 0.2) is 30.4 Å². The molecule has 0 spiro atoms. The first kappa shape index (κ1) is 14.2. The normalized spacial score (nSPS) is 28.3. The number of phenols is 1. The van der Waals surface area contributed by atoms with Gasteiger partial charge in [0.2, 0.25) is 5.91 Å². The number of benzene rings is 1. The number of allylic oxidation sites excluding steroid dienone is 2. The van der Waals surface area contributed by atoms with E-state index in [1.807, 2.05) is 12.2 Å². The highest BCUT2D eigenvalue weighted by atomic mass is 32.1. The maximum atomic E-state index is 12.6. The maximum Gasteiger partial charge on any atom is 0.307 e. The lowest BCUT2D eigenvalue weighted by Crippen LogP contribution is -2.36. The summed E-state index contributed by atoms with van der Waals surface area (Å²) in [6.45, 7) is 0. The minimum Gasteiger partial charge on any atom is -0.508 e. The van der Waals surface area contributed by atoms with E-state index in [1.54, 1.807) is 12.1 Å². The number of aliphatic carboxylic acids is 1. The van der Waals surface area contributed by atoms with Gasteiger partial charge in [0, 0.05) is 0 Å². The molecule has 4 rings (SSSR count). The Morgan fingerprint density at radius 3 is 2.70 bits per heavy atom. The van der Waals surface area contributed by atoms with Crippen LogP contribution in [0.4, 0.5) is 5.13 Å². The van der Waals surface area contributed by atoms with Crippen molar-refractivity contribution in [3.8, 4) is 5.75 Å². The number of nitrogens with one attached hydrogen (secondary N) is 1. The lowest BCUT2D eigenvalue weighted by molar-refractivity contribution is -0.146. The number of nitrogens with zero attached hydrogens (tertiary/aromatic N) is 1. The van der Waals surface area contributed by atoms with E-state index in [2.05, 4.69) is 10.3 Å². The predicted octanol–water partition coefficient (Wildman–Crippen LogP) is 2.46. The SMILES string of the molecule is O=C(Nc1nc2ccc(O)cc2s1)[C@@H]1C2C=CC(C2)[C@@H]1C(=O)O. The Morgan fingerprint density at radius 1 is 1.22 bits per heavy atom. The number of hydrogen-bond acceptors (Lipinski definition) is 5. The van der Waals surface area contributed by atoms with Crippen molar-refractivity contribution in [2.24, 2.45) is 23.7 Å². The van der Waals surface area contributed by atoms with Gasteiger partial charge in [-0.25, -0.2) is 4.98 Å². The molecule has 2 aliphatic carbocycles. The molecule has 1 heterocycles. The molecule has 118 valence electrons. The maximum absolute atomic E-state index is 12.6. The van der Waals surface area contributed by atoms with Gasteiger partial charge in [0.15, 0.2) is 5.13 Å². The number of aromatic hydroxyl groups is 1. The molecule has 7 heteroatoms. The number of hydrogen-bond donors (Lipinski definition) is 3. The molecule has 4 atom stereocenters. The standard InChI is InChI=1S/C16H14N2O4S/c19-9-3-4-10-11(6-9)23-16(17-10)18-14(20)12-7-1-2-8(5-7)13(12)15(21)22/h1-4,6-8,12-13,19H,5H2,(H,21,22)(H,17,18,20)/t7?,8?,12-,13+/m1/s1. The van der Waals surface area contributed by atoms with Gasteiger partial charge in [0.1, 0.15) is 5.75 Å². The summed E-state index contributed by atoms with van der Waals surface area (Å²) in [5.41, 5.74) is 0.686. The highest BCUT2D eigenvalue weighted by molar-refractivity contribution is 7.22. The third-order valence-electron chi connectivity index (χ3n) is 4.65. The van der Waals surface area contributed by atoms with E-state index in [4.69, 9.17) is 0 Å². The van der Waals surface area contributed by atoms with E-state index in [1.165, 1.54) is 17.4 Å². The van der Waals surface area contributed by atoms with Crippen LogP contribution in [0.2, 0.25) is 0 Å². The van der Waals surface area contributed by atoms with Crippen molar-refractivity contribution in [3.63, 3.8) is 0 Å².